The van der Waals surface area contributed by atoms with Gasteiger partial charge in [0.15, 0.2) is 6.03 Å². The fraction of sp³-hybridized carbons (Fsp3) is 0.583. The molecule has 1 N–H and O–H groups in total. The van der Waals surface area contributed by atoms with Gasteiger partial charge in [-0.2, -0.15) is 0 Å². The Labute approximate surface area is 228 Å². The monoisotopic (exact) mass is 510 g/mol. The van der Waals surface area contributed by atoms with Gasteiger partial charge in [0, 0.05) is 18.8 Å². The van der Waals surface area contributed by atoms with Gasteiger partial charge in [0.2, 0.25) is 5.88 Å². The molecule has 1 saturated heterocycles. The predicted molar refractivity (Wildman–Crippen MR) is 129 cm³/mol. The molecule has 35 heavy (non-hydrogen) atoms. The molecule has 1 fully saturated rings. The van der Waals surface area contributed by atoms with Gasteiger partial charge in [-0.05, 0) is 92.7 Å². The van der Waals surface area contributed by atoms with Crippen LogP contribution in [0.3, 0.4) is 0 Å². The maximum absolute atomic E-state index is 13.5. The summed E-state index contributed by atoms with van der Waals surface area (Å²) in [5.41, 5.74) is 6.87. The van der Waals surface area contributed by atoms with E-state index in [0.29, 0.717) is 43.7 Å². The topological polar surface area (TPSA) is 116 Å². The predicted octanol–water partition coefficient (Wildman–Crippen LogP) is 1.36. The summed E-state index contributed by atoms with van der Waals surface area (Å²) in [7, 11) is -4.38. The third-order valence-electron chi connectivity index (χ3n) is 7.21. The van der Waals surface area contributed by atoms with Gasteiger partial charge in [-0.3, -0.25) is 4.79 Å². The van der Waals surface area contributed by atoms with E-state index in [2.05, 4.69) is 21.3 Å². The van der Waals surface area contributed by atoms with Gasteiger partial charge in [-0.25, -0.2) is 12.7 Å². The van der Waals surface area contributed by atoms with Crippen molar-refractivity contribution in [2.45, 2.75) is 77.7 Å². The Morgan fingerprint density at radius 1 is 1.14 bits per heavy atom. The number of rotatable bonds is 6. The number of carbonyl (C=O) groups is 1. The third-order valence-corrected chi connectivity index (χ3v) is 8.56. The first kappa shape index (κ1) is 26.5. The van der Waals surface area contributed by atoms with E-state index in [4.69, 9.17) is 9.26 Å². The molecular weight excluding hydrogens is 479 g/mol. The Morgan fingerprint density at radius 3 is 2.34 bits per heavy atom. The average Bonchev–Trinajstić information content (AvgIpc) is 3.54. The average molecular weight is 511 g/mol. The Hall–Kier alpha value is -1.59. The van der Waals surface area contributed by atoms with Gasteiger partial charge in [0.25, 0.3) is 10.2 Å². The molecule has 1 aromatic carbocycles. The van der Waals surface area contributed by atoms with E-state index in [1.807, 2.05) is 6.92 Å². The van der Waals surface area contributed by atoms with E-state index in [-0.39, 0.29) is 35.4 Å². The number of carbonyl (C=O) groups excluding carboxylic acids is 1. The molecule has 2 aliphatic carbocycles. The first-order chi connectivity index (χ1) is 16.4. The summed E-state index contributed by atoms with van der Waals surface area (Å²) in [6.07, 6.45) is 7.41. The number of aromatic nitrogens is 1. The number of amides is 2. The molecule has 1 aromatic heterocycles. The van der Waals surface area contributed by atoms with Crippen molar-refractivity contribution in [3.63, 3.8) is 0 Å². The largest absolute Gasteiger partial charge is 1.00 e. The van der Waals surface area contributed by atoms with Gasteiger partial charge in [-0.15, -0.1) is 0 Å². The number of hydrogen-bond donors (Lipinski definition) is 1. The van der Waals surface area contributed by atoms with Crippen LogP contribution in [0.15, 0.2) is 10.6 Å². The molecule has 1 aliphatic heterocycles. The normalized spacial score (nSPS) is 17.4. The Bertz CT molecular complexity index is 1170. The fourth-order valence-electron chi connectivity index (χ4n) is 5.52. The van der Waals surface area contributed by atoms with Crippen molar-refractivity contribution in [2.75, 3.05) is 22.8 Å². The number of aryl methyl sites for hydroxylation is 3. The molecule has 5 rings (SSSR count). The molecule has 2 aromatic rings. The number of nitrogens with one attached hydrogen (secondary N) is 1. The van der Waals surface area contributed by atoms with Crippen LogP contribution in [-0.2, 0) is 47.1 Å². The molecule has 2 amide bonds. The number of nitrogens with zero attached hydrogens (tertiary/aromatic N) is 3. The second-order valence-electron chi connectivity index (χ2n) is 9.29. The van der Waals surface area contributed by atoms with Crippen molar-refractivity contribution < 1.29 is 52.0 Å². The van der Waals surface area contributed by atoms with Gasteiger partial charge in [0.05, 0.1) is 11.7 Å². The second-order valence-corrected chi connectivity index (χ2v) is 10.8. The van der Waals surface area contributed by atoms with Crippen LogP contribution in [0.1, 0.15) is 66.1 Å². The van der Waals surface area contributed by atoms with Crippen molar-refractivity contribution in [1.29, 1.82) is 0 Å². The summed E-state index contributed by atoms with van der Waals surface area (Å²) < 4.78 is 42.8. The maximum Gasteiger partial charge on any atom is 1.00 e. The molecule has 9 nitrogen and oxygen atoms in total. The van der Waals surface area contributed by atoms with Crippen LogP contribution in [0.2, 0.25) is 0 Å². The Kier molecular flexibility index (Phi) is 8.17. The van der Waals surface area contributed by atoms with Crippen molar-refractivity contribution in [1.82, 2.24) is 5.16 Å². The number of hydrogen-bond acceptors (Lipinski definition) is 6. The summed E-state index contributed by atoms with van der Waals surface area (Å²) in [5, 5.41) is 6.89. The van der Waals surface area contributed by atoms with Crippen LogP contribution in [0.4, 0.5) is 16.4 Å². The van der Waals surface area contributed by atoms with Crippen molar-refractivity contribution in [3.05, 3.63) is 44.3 Å². The molecule has 184 valence electrons. The van der Waals surface area contributed by atoms with Crippen molar-refractivity contribution in [3.8, 4) is 0 Å². The molecule has 0 atom stereocenters. The molecule has 0 spiro atoms. The molecule has 11 heteroatoms. The molecule has 0 radical (unpaired) electrons. The van der Waals surface area contributed by atoms with Crippen LogP contribution >= 0.6 is 0 Å². The molecule has 0 unspecified atom stereocenters. The SMILES string of the molecule is CCc1noc(N(C2CCOCC2)S(=O)(=O)[N-]C(=O)Nc2c3c(cc4c2CCC4)CCC3)c1C.[Na+]. The van der Waals surface area contributed by atoms with Crippen molar-refractivity contribution >= 4 is 27.8 Å². The molecule has 3 aliphatic rings. The number of ether oxygens (including phenoxy) is 1. The molecule has 0 bridgehead atoms. The maximum atomic E-state index is 13.5. The van der Waals surface area contributed by atoms with Crippen LogP contribution in [-0.4, -0.2) is 38.9 Å². The molecule has 2 heterocycles. The summed E-state index contributed by atoms with van der Waals surface area (Å²) in [6.45, 7) is 4.57. The van der Waals surface area contributed by atoms with Gasteiger partial charge in [0.1, 0.15) is 0 Å². The van der Waals surface area contributed by atoms with E-state index in [1.54, 1.807) is 6.92 Å². The van der Waals surface area contributed by atoms with E-state index < -0.39 is 22.3 Å². The smallest absolute Gasteiger partial charge is 0.423 e. The zero-order chi connectivity index (χ0) is 23.9. The Morgan fingerprint density at radius 2 is 1.77 bits per heavy atom. The van der Waals surface area contributed by atoms with Crippen LogP contribution in [0.25, 0.3) is 4.72 Å². The van der Waals surface area contributed by atoms with Crippen LogP contribution < -0.4 is 39.2 Å². The first-order valence-corrected chi connectivity index (χ1v) is 13.6. The summed E-state index contributed by atoms with van der Waals surface area (Å²) >= 11 is 0. The standard InChI is InChI=1S/C24H32N4O5S.Na/c1-3-21-15(2)23(33-26-21)28(18-10-12-32-13-11-18)34(30,31)27-24(29)25-22-19-8-4-6-16(19)14-17-7-5-9-20(17)22;/h14,18H,3-13H2,1-2H3,(H2,25,27,29);/q;+1/p-1. The van der Waals surface area contributed by atoms with E-state index in [0.717, 1.165) is 59.6 Å². The zero-order valence-electron chi connectivity index (χ0n) is 20.7. The van der Waals surface area contributed by atoms with Gasteiger partial charge in [-0.1, -0.05) is 18.1 Å². The Balaban J connectivity index is 0.00000289. The molecular formula is C24H31N4NaO5S. The zero-order valence-corrected chi connectivity index (χ0v) is 23.5. The first-order valence-electron chi connectivity index (χ1n) is 12.2. The van der Waals surface area contributed by atoms with E-state index in [1.165, 1.54) is 11.1 Å². The fourth-order valence-corrected chi connectivity index (χ4v) is 6.83. The summed E-state index contributed by atoms with van der Waals surface area (Å²) in [4.78, 5) is 13.0. The summed E-state index contributed by atoms with van der Waals surface area (Å²) in [5.74, 6) is 0.127. The number of anilines is 2. The summed E-state index contributed by atoms with van der Waals surface area (Å²) in [6, 6.07) is 0.968. The number of urea groups is 1. The third kappa shape index (κ3) is 5.13. The second kappa shape index (κ2) is 10.8. The van der Waals surface area contributed by atoms with E-state index >= 15 is 0 Å². The van der Waals surface area contributed by atoms with Crippen molar-refractivity contribution in [2.24, 2.45) is 0 Å². The minimum absolute atomic E-state index is 0. The molecule has 0 saturated carbocycles. The quantitative estimate of drug-likeness (QED) is 0.587. The van der Waals surface area contributed by atoms with Gasteiger partial charge < -0.3 is 19.3 Å². The minimum atomic E-state index is -4.38. The van der Waals surface area contributed by atoms with E-state index in [9.17, 15) is 13.2 Å². The number of fused-ring (bicyclic) bond motifs is 2. The number of benzene rings is 1. The van der Waals surface area contributed by atoms with Crippen LogP contribution in [0, 0.1) is 6.92 Å². The minimum Gasteiger partial charge on any atom is -0.423 e. The van der Waals surface area contributed by atoms with Crippen LogP contribution in [0.5, 0.6) is 0 Å². The van der Waals surface area contributed by atoms with Gasteiger partial charge >= 0.3 is 29.6 Å².